The molecule has 1 fully saturated rings. The normalized spacial score (nSPS) is 22.7. The lowest BCUT2D eigenvalue weighted by atomic mass is 9.99. The van der Waals surface area contributed by atoms with Crippen molar-refractivity contribution in [1.29, 1.82) is 0 Å². The van der Waals surface area contributed by atoms with Gasteiger partial charge in [0.15, 0.2) is 6.61 Å². The number of hydrogen-bond acceptors (Lipinski definition) is 3. The van der Waals surface area contributed by atoms with Crippen molar-refractivity contribution in [3.8, 4) is 5.75 Å². The van der Waals surface area contributed by atoms with Crippen molar-refractivity contribution in [2.45, 2.75) is 38.8 Å². The maximum Gasteiger partial charge on any atom is 0.260 e. The average molecular weight is 297 g/mol. The van der Waals surface area contributed by atoms with Gasteiger partial charge in [0.1, 0.15) is 5.75 Å². The van der Waals surface area contributed by atoms with Crippen molar-refractivity contribution < 1.29 is 9.53 Å². The number of amides is 1. The summed E-state index contributed by atoms with van der Waals surface area (Å²) in [6, 6.07) is 5.82. The first-order chi connectivity index (χ1) is 9.49. The smallest absolute Gasteiger partial charge is 0.260 e. The number of benzene rings is 1. The molecule has 1 aromatic rings. The number of carbonyl (C=O) groups is 1. The Bertz CT molecular complexity index is 493. The highest BCUT2D eigenvalue weighted by atomic mass is 35.5. The first-order valence-electron chi connectivity index (χ1n) is 6.92. The first kappa shape index (κ1) is 15.1. The van der Waals surface area contributed by atoms with Crippen LogP contribution in [0.4, 0.5) is 0 Å². The highest BCUT2D eigenvalue weighted by molar-refractivity contribution is 6.31. The molecular weight excluding hydrogens is 276 g/mol. The fourth-order valence-corrected chi connectivity index (χ4v) is 2.71. The summed E-state index contributed by atoms with van der Waals surface area (Å²) in [6.07, 6.45) is 1.70. The number of rotatable bonds is 3. The van der Waals surface area contributed by atoms with E-state index in [-0.39, 0.29) is 24.6 Å². The number of halogens is 1. The van der Waals surface area contributed by atoms with E-state index in [9.17, 15) is 4.79 Å². The van der Waals surface area contributed by atoms with E-state index in [2.05, 4.69) is 0 Å². The minimum atomic E-state index is 0.00350. The molecule has 1 amide bonds. The van der Waals surface area contributed by atoms with Gasteiger partial charge >= 0.3 is 0 Å². The largest absolute Gasteiger partial charge is 0.483 e. The van der Waals surface area contributed by atoms with Gasteiger partial charge in [-0.25, -0.2) is 0 Å². The van der Waals surface area contributed by atoms with Crippen molar-refractivity contribution in [2.24, 2.45) is 5.73 Å². The molecule has 110 valence electrons. The van der Waals surface area contributed by atoms with Gasteiger partial charge in [0.05, 0.1) is 0 Å². The van der Waals surface area contributed by atoms with Crippen molar-refractivity contribution in [3.63, 3.8) is 0 Å². The molecular formula is C15H21ClN2O2. The third-order valence-electron chi connectivity index (χ3n) is 3.81. The van der Waals surface area contributed by atoms with E-state index in [0.717, 1.165) is 18.4 Å². The summed E-state index contributed by atoms with van der Waals surface area (Å²) in [7, 11) is 0. The quantitative estimate of drug-likeness (QED) is 0.931. The van der Waals surface area contributed by atoms with Gasteiger partial charge in [0, 0.05) is 29.2 Å². The Morgan fingerprint density at radius 1 is 1.55 bits per heavy atom. The van der Waals surface area contributed by atoms with Crippen molar-refractivity contribution >= 4 is 17.5 Å². The Kier molecular flexibility index (Phi) is 4.89. The second kappa shape index (κ2) is 6.46. The Labute approximate surface area is 124 Å². The standard InChI is InChI=1S/C15H21ClN2O2/c1-10-8-12(17)6-7-18(10)15(19)9-20-14-5-3-4-13(16)11(14)2/h3-5,10,12H,6-9,17H2,1-2H3. The number of piperidine rings is 1. The Hall–Kier alpha value is -1.26. The lowest BCUT2D eigenvalue weighted by Crippen LogP contribution is -2.49. The van der Waals surface area contributed by atoms with Gasteiger partial charge in [0.2, 0.25) is 0 Å². The predicted octanol–water partition coefficient (Wildman–Crippen LogP) is 2.37. The molecule has 5 heteroatoms. The highest BCUT2D eigenvalue weighted by Gasteiger charge is 2.27. The molecule has 2 unspecified atom stereocenters. The maximum absolute atomic E-state index is 12.2. The molecule has 1 heterocycles. The number of ether oxygens (including phenoxy) is 1. The van der Waals surface area contributed by atoms with Crippen LogP contribution in [0.25, 0.3) is 0 Å². The van der Waals surface area contributed by atoms with Crippen LogP contribution in [-0.4, -0.2) is 36.0 Å². The van der Waals surface area contributed by atoms with Crippen LogP contribution in [0.3, 0.4) is 0 Å². The number of carbonyl (C=O) groups excluding carboxylic acids is 1. The summed E-state index contributed by atoms with van der Waals surface area (Å²) in [5, 5.41) is 0.646. The van der Waals surface area contributed by atoms with Gasteiger partial charge in [-0.05, 0) is 38.8 Å². The fraction of sp³-hybridized carbons (Fsp3) is 0.533. The van der Waals surface area contributed by atoms with Crippen LogP contribution in [0.5, 0.6) is 5.75 Å². The second-order valence-corrected chi connectivity index (χ2v) is 5.78. The SMILES string of the molecule is Cc1c(Cl)cccc1OCC(=O)N1CCC(N)CC1C. The zero-order valence-electron chi connectivity index (χ0n) is 11.9. The van der Waals surface area contributed by atoms with Gasteiger partial charge in [-0.3, -0.25) is 4.79 Å². The van der Waals surface area contributed by atoms with E-state index in [1.165, 1.54) is 0 Å². The molecule has 0 radical (unpaired) electrons. The van der Waals surface area contributed by atoms with Gasteiger partial charge < -0.3 is 15.4 Å². The fourth-order valence-electron chi connectivity index (χ4n) is 2.55. The van der Waals surface area contributed by atoms with E-state index >= 15 is 0 Å². The highest BCUT2D eigenvalue weighted by Crippen LogP contribution is 2.25. The zero-order chi connectivity index (χ0) is 14.7. The number of nitrogens with two attached hydrogens (primary N) is 1. The van der Waals surface area contributed by atoms with E-state index in [0.29, 0.717) is 17.3 Å². The molecule has 1 aromatic carbocycles. The topological polar surface area (TPSA) is 55.6 Å². The van der Waals surface area contributed by atoms with Crippen LogP contribution >= 0.6 is 11.6 Å². The molecule has 2 N–H and O–H groups in total. The molecule has 2 atom stereocenters. The van der Waals surface area contributed by atoms with Crippen LogP contribution in [0.15, 0.2) is 18.2 Å². The molecule has 0 bridgehead atoms. The Morgan fingerprint density at radius 3 is 3.00 bits per heavy atom. The second-order valence-electron chi connectivity index (χ2n) is 5.37. The zero-order valence-corrected chi connectivity index (χ0v) is 12.7. The molecule has 0 spiro atoms. The molecule has 4 nitrogen and oxygen atoms in total. The average Bonchev–Trinajstić information content (AvgIpc) is 2.40. The molecule has 1 aliphatic heterocycles. The lowest BCUT2D eigenvalue weighted by molar-refractivity contribution is -0.136. The summed E-state index contributed by atoms with van der Waals surface area (Å²) < 4.78 is 5.60. The summed E-state index contributed by atoms with van der Waals surface area (Å²) in [6.45, 7) is 4.66. The molecule has 20 heavy (non-hydrogen) atoms. The first-order valence-corrected chi connectivity index (χ1v) is 7.29. The summed E-state index contributed by atoms with van der Waals surface area (Å²) in [5.74, 6) is 0.663. The molecule has 1 aliphatic rings. The van der Waals surface area contributed by atoms with Gasteiger partial charge in [0.25, 0.3) is 5.91 Å². The van der Waals surface area contributed by atoms with Crippen LogP contribution in [0.1, 0.15) is 25.3 Å². The van der Waals surface area contributed by atoms with E-state index in [1.807, 2.05) is 30.9 Å². The minimum absolute atomic E-state index is 0.00350. The Balaban J connectivity index is 1.93. The van der Waals surface area contributed by atoms with Crippen molar-refractivity contribution in [1.82, 2.24) is 4.90 Å². The molecule has 0 aliphatic carbocycles. The molecule has 1 saturated heterocycles. The number of nitrogens with zero attached hydrogens (tertiary/aromatic N) is 1. The van der Waals surface area contributed by atoms with E-state index < -0.39 is 0 Å². The number of likely N-dealkylation sites (tertiary alicyclic amines) is 1. The van der Waals surface area contributed by atoms with E-state index in [4.69, 9.17) is 22.1 Å². The molecule has 2 rings (SSSR count). The van der Waals surface area contributed by atoms with E-state index in [1.54, 1.807) is 6.07 Å². The summed E-state index contributed by atoms with van der Waals surface area (Å²) in [5.41, 5.74) is 6.76. The van der Waals surface area contributed by atoms with Gasteiger partial charge in [-0.1, -0.05) is 17.7 Å². The minimum Gasteiger partial charge on any atom is -0.483 e. The van der Waals surface area contributed by atoms with Crippen molar-refractivity contribution in [2.75, 3.05) is 13.2 Å². The van der Waals surface area contributed by atoms with Crippen LogP contribution in [0.2, 0.25) is 5.02 Å². The van der Waals surface area contributed by atoms with Gasteiger partial charge in [-0.15, -0.1) is 0 Å². The monoisotopic (exact) mass is 296 g/mol. The van der Waals surface area contributed by atoms with Crippen LogP contribution in [0, 0.1) is 6.92 Å². The third kappa shape index (κ3) is 3.44. The maximum atomic E-state index is 12.2. The van der Waals surface area contributed by atoms with Gasteiger partial charge in [-0.2, -0.15) is 0 Å². The summed E-state index contributed by atoms with van der Waals surface area (Å²) >= 11 is 6.03. The van der Waals surface area contributed by atoms with Crippen LogP contribution < -0.4 is 10.5 Å². The van der Waals surface area contributed by atoms with Crippen molar-refractivity contribution in [3.05, 3.63) is 28.8 Å². The summed E-state index contributed by atoms with van der Waals surface area (Å²) in [4.78, 5) is 14.1. The third-order valence-corrected chi connectivity index (χ3v) is 4.22. The Morgan fingerprint density at radius 2 is 2.30 bits per heavy atom. The number of hydrogen-bond donors (Lipinski definition) is 1. The van der Waals surface area contributed by atoms with Crippen LogP contribution in [-0.2, 0) is 4.79 Å². The molecule has 0 saturated carbocycles. The molecule has 0 aromatic heterocycles. The predicted molar refractivity (Wildman–Crippen MR) is 80.1 cm³/mol. The lowest BCUT2D eigenvalue weighted by Gasteiger charge is -2.36.